The number of rotatable bonds is 5. The molecule has 0 spiro atoms. The van der Waals surface area contributed by atoms with Gasteiger partial charge in [-0.3, -0.25) is 4.98 Å². The van der Waals surface area contributed by atoms with Gasteiger partial charge in [-0.1, -0.05) is 0 Å². The molecule has 1 unspecified atom stereocenters. The molecule has 0 radical (unpaired) electrons. The van der Waals surface area contributed by atoms with E-state index >= 15 is 0 Å². The third-order valence-corrected chi connectivity index (χ3v) is 3.44. The number of halogens is 1. The summed E-state index contributed by atoms with van der Waals surface area (Å²) in [6, 6.07) is 2.09. The second kappa shape index (κ2) is 7.09. The maximum Gasteiger partial charge on any atom is 0.0587 e. The van der Waals surface area contributed by atoms with E-state index in [-0.39, 0.29) is 0 Å². The number of aromatic nitrogens is 1. The lowest BCUT2D eigenvalue weighted by atomic mass is 10.1. The van der Waals surface area contributed by atoms with Gasteiger partial charge in [0, 0.05) is 30.0 Å². The molecule has 1 fully saturated rings. The van der Waals surface area contributed by atoms with Crippen LogP contribution in [-0.4, -0.2) is 24.2 Å². The lowest BCUT2D eigenvalue weighted by Crippen LogP contribution is -2.25. The quantitative estimate of drug-likeness (QED) is 0.849. The minimum atomic E-state index is 0.469. The molecule has 1 aromatic rings. The number of nitrogens with one attached hydrogen (secondary N) is 1. The lowest BCUT2D eigenvalue weighted by Gasteiger charge is -2.22. The molecule has 1 aliphatic heterocycles. The van der Waals surface area contributed by atoms with Crippen molar-refractivity contribution in [3.63, 3.8) is 0 Å². The first-order valence-corrected chi connectivity index (χ1v) is 7.05. The molecule has 0 saturated carbocycles. The topological polar surface area (TPSA) is 34.2 Å². The molecule has 2 rings (SSSR count). The number of hydrogen-bond donors (Lipinski definition) is 1. The smallest absolute Gasteiger partial charge is 0.0587 e. The summed E-state index contributed by atoms with van der Waals surface area (Å²) in [4.78, 5) is 4.14. The van der Waals surface area contributed by atoms with Crippen LogP contribution in [0.4, 0.5) is 0 Å². The molecular formula is C13H19BrN2O. The van der Waals surface area contributed by atoms with Gasteiger partial charge in [0.05, 0.1) is 6.10 Å². The van der Waals surface area contributed by atoms with Crippen LogP contribution in [0.25, 0.3) is 0 Å². The summed E-state index contributed by atoms with van der Waals surface area (Å²) >= 11 is 3.42. The molecule has 0 aromatic carbocycles. The Kier molecular flexibility index (Phi) is 5.42. The first-order valence-electron chi connectivity index (χ1n) is 6.26. The van der Waals surface area contributed by atoms with Gasteiger partial charge in [-0.05, 0) is 59.8 Å². The first kappa shape index (κ1) is 13.0. The van der Waals surface area contributed by atoms with Crippen LogP contribution in [-0.2, 0) is 11.3 Å². The molecule has 0 bridgehead atoms. The Morgan fingerprint density at radius 2 is 2.35 bits per heavy atom. The molecule has 17 heavy (non-hydrogen) atoms. The summed E-state index contributed by atoms with van der Waals surface area (Å²) in [7, 11) is 0. The van der Waals surface area contributed by atoms with Gasteiger partial charge in [0.1, 0.15) is 0 Å². The van der Waals surface area contributed by atoms with Crippen LogP contribution in [0, 0.1) is 0 Å². The molecule has 94 valence electrons. The number of nitrogens with zero attached hydrogens (tertiary/aromatic N) is 1. The van der Waals surface area contributed by atoms with E-state index in [1.807, 2.05) is 6.20 Å². The van der Waals surface area contributed by atoms with Gasteiger partial charge >= 0.3 is 0 Å². The van der Waals surface area contributed by atoms with Gasteiger partial charge in [0.15, 0.2) is 0 Å². The molecule has 1 aromatic heterocycles. The zero-order chi connectivity index (χ0) is 11.9. The zero-order valence-electron chi connectivity index (χ0n) is 9.99. The molecule has 1 atom stereocenters. The molecule has 4 heteroatoms. The normalized spacial score (nSPS) is 20.4. The van der Waals surface area contributed by atoms with Crippen LogP contribution in [0.5, 0.6) is 0 Å². The number of ether oxygens (including phenoxy) is 1. The summed E-state index contributed by atoms with van der Waals surface area (Å²) in [6.45, 7) is 2.83. The van der Waals surface area contributed by atoms with Crippen molar-refractivity contribution >= 4 is 15.9 Å². The highest BCUT2D eigenvalue weighted by Gasteiger charge is 2.12. The standard InChI is InChI=1S/C13H19BrN2O/c14-12-7-11(9-16-10-12)8-15-5-4-13-3-1-2-6-17-13/h7,9-10,13,15H,1-6,8H2. The van der Waals surface area contributed by atoms with Gasteiger partial charge in [-0.2, -0.15) is 0 Å². The Morgan fingerprint density at radius 3 is 3.12 bits per heavy atom. The predicted molar refractivity (Wildman–Crippen MR) is 71.9 cm³/mol. The van der Waals surface area contributed by atoms with Crippen molar-refractivity contribution in [2.75, 3.05) is 13.2 Å². The van der Waals surface area contributed by atoms with E-state index < -0.39 is 0 Å². The van der Waals surface area contributed by atoms with E-state index in [1.54, 1.807) is 6.20 Å². The summed E-state index contributed by atoms with van der Waals surface area (Å²) in [5.41, 5.74) is 1.21. The summed E-state index contributed by atoms with van der Waals surface area (Å²) in [5.74, 6) is 0. The molecule has 3 nitrogen and oxygen atoms in total. The van der Waals surface area contributed by atoms with Crippen molar-refractivity contribution in [1.82, 2.24) is 10.3 Å². The first-order chi connectivity index (χ1) is 8.34. The molecule has 1 N–H and O–H groups in total. The highest BCUT2D eigenvalue weighted by molar-refractivity contribution is 9.10. The van der Waals surface area contributed by atoms with Gasteiger partial charge in [-0.25, -0.2) is 0 Å². The molecule has 1 saturated heterocycles. The Labute approximate surface area is 111 Å². The summed E-state index contributed by atoms with van der Waals surface area (Å²) in [6.07, 6.45) is 9.06. The molecule has 0 amide bonds. The van der Waals surface area contributed by atoms with Crippen molar-refractivity contribution in [3.8, 4) is 0 Å². The Balaban J connectivity index is 1.62. The number of hydrogen-bond acceptors (Lipinski definition) is 3. The van der Waals surface area contributed by atoms with Crippen molar-refractivity contribution in [3.05, 3.63) is 28.5 Å². The van der Waals surface area contributed by atoms with E-state index in [9.17, 15) is 0 Å². The Bertz CT molecular complexity index is 340. The van der Waals surface area contributed by atoms with Crippen LogP contribution in [0.15, 0.2) is 22.9 Å². The maximum atomic E-state index is 5.69. The molecular weight excluding hydrogens is 280 g/mol. The zero-order valence-corrected chi connectivity index (χ0v) is 11.6. The monoisotopic (exact) mass is 298 g/mol. The van der Waals surface area contributed by atoms with Gasteiger partial charge < -0.3 is 10.1 Å². The van der Waals surface area contributed by atoms with Gasteiger partial charge in [0.2, 0.25) is 0 Å². The highest BCUT2D eigenvalue weighted by Crippen LogP contribution is 2.15. The maximum absolute atomic E-state index is 5.69. The van der Waals surface area contributed by atoms with E-state index in [2.05, 4.69) is 32.3 Å². The van der Waals surface area contributed by atoms with Gasteiger partial charge in [-0.15, -0.1) is 0 Å². The average Bonchev–Trinajstić information content (AvgIpc) is 2.36. The second-order valence-corrected chi connectivity index (χ2v) is 5.38. The highest BCUT2D eigenvalue weighted by atomic mass is 79.9. The number of pyridine rings is 1. The third kappa shape index (κ3) is 4.74. The lowest BCUT2D eigenvalue weighted by molar-refractivity contribution is 0.0115. The fourth-order valence-electron chi connectivity index (χ4n) is 2.08. The van der Waals surface area contributed by atoms with Gasteiger partial charge in [0.25, 0.3) is 0 Å². The van der Waals surface area contributed by atoms with Crippen LogP contribution < -0.4 is 5.32 Å². The largest absolute Gasteiger partial charge is 0.378 e. The van der Waals surface area contributed by atoms with Crippen LogP contribution in [0.1, 0.15) is 31.2 Å². The molecule has 0 aliphatic carbocycles. The van der Waals surface area contributed by atoms with Crippen LogP contribution in [0.2, 0.25) is 0 Å². The predicted octanol–water partition coefficient (Wildman–Crippen LogP) is 2.89. The van der Waals surface area contributed by atoms with Crippen molar-refractivity contribution < 1.29 is 4.74 Å². The van der Waals surface area contributed by atoms with Crippen LogP contribution >= 0.6 is 15.9 Å². The molecule has 2 heterocycles. The van der Waals surface area contributed by atoms with Crippen molar-refractivity contribution in [2.24, 2.45) is 0 Å². The minimum absolute atomic E-state index is 0.469. The van der Waals surface area contributed by atoms with E-state index in [0.717, 1.165) is 30.6 Å². The average molecular weight is 299 g/mol. The van der Waals surface area contributed by atoms with Crippen LogP contribution in [0.3, 0.4) is 0 Å². The Morgan fingerprint density at radius 1 is 1.41 bits per heavy atom. The Hall–Kier alpha value is -0.450. The fourth-order valence-corrected chi connectivity index (χ4v) is 2.50. The summed E-state index contributed by atoms with van der Waals surface area (Å²) < 4.78 is 6.72. The van der Waals surface area contributed by atoms with E-state index in [4.69, 9.17) is 4.74 Å². The summed E-state index contributed by atoms with van der Waals surface area (Å²) in [5, 5.41) is 3.44. The minimum Gasteiger partial charge on any atom is -0.378 e. The van der Waals surface area contributed by atoms with E-state index in [1.165, 1.54) is 24.8 Å². The second-order valence-electron chi connectivity index (χ2n) is 4.47. The third-order valence-electron chi connectivity index (χ3n) is 3.01. The van der Waals surface area contributed by atoms with Crippen molar-refractivity contribution in [2.45, 2.75) is 38.3 Å². The van der Waals surface area contributed by atoms with E-state index in [0.29, 0.717) is 6.10 Å². The SMILES string of the molecule is Brc1cncc(CNCCC2CCCCO2)c1. The van der Waals surface area contributed by atoms with Crippen molar-refractivity contribution in [1.29, 1.82) is 0 Å². The fraction of sp³-hybridized carbons (Fsp3) is 0.615. The molecule has 1 aliphatic rings.